The van der Waals surface area contributed by atoms with Gasteiger partial charge in [-0.15, -0.1) is 6.58 Å². The number of anilines is 1. The molecule has 1 unspecified atom stereocenters. The molecule has 3 heteroatoms. The van der Waals surface area contributed by atoms with E-state index in [1.165, 1.54) is 0 Å². The monoisotopic (exact) mass is 278 g/mol. The molecule has 0 spiro atoms. The maximum atomic E-state index is 12.8. The van der Waals surface area contributed by atoms with E-state index in [0.29, 0.717) is 12.1 Å². The summed E-state index contributed by atoms with van der Waals surface area (Å²) < 4.78 is 0. The highest BCUT2D eigenvalue weighted by atomic mass is 16.2. The lowest BCUT2D eigenvalue weighted by molar-refractivity contribution is 0.0572. The summed E-state index contributed by atoms with van der Waals surface area (Å²) in [6.45, 7) is 6.30. The smallest absolute Gasteiger partial charge is 0.258 e. The number of nitrogens with one attached hydrogen (secondary N) is 1. The van der Waals surface area contributed by atoms with Gasteiger partial charge in [-0.3, -0.25) is 4.79 Å². The normalized spacial score (nSPS) is 20.6. The van der Waals surface area contributed by atoms with Crippen LogP contribution in [0.4, 0.5) is 5.69 Å². The molecule has 2 aromatic rings. The molecule has 21 heavy (non-hydrogen) atoms. The van der Waals surface area contributed by atoms with E-state index in [-0.39, 0.29) is 5.91 Å². The number of nitrogens with zero attached hydrogens (tertiary/aromatic N) is 1. The maximum absolute atomic E-state index is 12.8. The van der Waals surface area contributed by atoms with Crippen LogP contribution in [0.15, 0.2) is 67.3 Å². The zero-order chi connectivity index (χ0) is 14.9. The van der Waals surface area contributed by atoms with Crippen molar-refractivity contribution in [2.24, 2.45) is 0 Å². The molecule has 1 aliphatic rings. The third-order valence-electron chi connectivity index (χ3n) is 3.97. The van der Waals surface area contributed by atoms with Gasteiger partial charge in [-0.1, -0.05) is 48.5 Å². The first-order valence-corrected chi connectivity index (χ1v) is 7.02. The fourth-order valence-corrected chi connectivity index (χ4v) is 2.84. The molecule has 1 atom stereocenters. The Kier molecular flexibility index (Phi) is 3.26. The summed E-state index contributed by atoms with van der Waals surface area (Å²) in [5.41, 5.74) is 2.04. The van der Waals surface area contributed by atoms with E-state index in [1.807, 2.05) is 66.4 Å². The predicted octanol–water partition coefficient (Wildman–Crippen LogP) is 3.61. The van der Waals surface area contributed by atoms with Gasteiger partial charge in [0.25, 0.3) is 5.91 Å². The van der Waals surface area contributed by atoms with Crippen LogP contribution in [0, 0.1) is 0 Å². The van der Waals surface area contributed by atoms with Crippen LogP contribution in [0.25, 0.3) is 0 Å². The SMILES string of the molecule is C=CCN1C(=O)c2ccccc2NC1(C)c1ccccc1. The second kappa shape index (κ2) is 5.09. The first-order chi connectivity index (χ1) is 10.2. The third kappa shape index (κ3) is 2.11. The van der Waals surface area contributed by atoms with Crippen LogP contribution < -0.4 is 5.32 Å². The van der Waals surface area contributed by atoms with Crippen LogP contribution in [0.2, 0.25) is 0 Å². The molecule has 1 amide bonds. The summed E-state index contributed by atoms with van der Waals surface area (Å²) >= 11 is 0. The van der Waals surface area contributed by atoms with Crippen molar-refractivity contribution in [2.45, 2.75) is 12.6 Å². The van der Waals surface area contributed by atoms with E-state index >= 15 is 0 Å². The molecule has 0 fully saturated rings. The van der Waals surface area contributed by atoms with E-state index in [1.54, 1.807) is 6.08 Å². The zero-order valence-electron chi connectivity index (χ0n) is 12.0. The van der Waals surface area contributed by atoms with Gasteiger partial charge in [-0.25, -0.2) is 0 Å². The summed E-state index contributed by atoms with van der Waals surface area (Å²) in [6, 6.07) is 17.6. The van der Waals surface area contributed by atoms with Crippen molar-refractivity contribution in [3.8, 4) is 0 Å². The molecule has 0 aliphatic carbocycles. The lowest BCUT2D eigenvalue weighted by Crippen LogP contribution is -2.55. The molecule has 2 aromatic carbocycles. The van der Waals surface area contributed by atoms with Gasteiger partial charge >= 0.3 is 0 Å². The fourth-order valence-electron chi connectivity index (χ4n) is 2.84. The summed E-state index contributed by atoms with van der Waals surface area (Å²) in [6.07, 6.45) is 1.76. The third-order valence-corrected chi connectivity index (χ3v) is 3.97. The van der Waals surface area contributed by atoms with Gasteiger partial charge in [-0.05, 0) is 24.6 Å². The minimum Gasteiger partial charge on any atom is -0.358 e. The Morgan fingerprint density at radius 1 is 1.14 bits per heavy atom. The highest BCUT2D eigenvalue weighted by Crippen LogP contribution is 2.37. The molecule has 1 aliphatic heterocycles. The van der Waals surface area contributed by atoms with Gasteiger partial charge in [0.05, 0.1) is 5.56 Å². The molecule has 106 valence electrons. The molecule has 0 bridgehead atoms. The highest BCUT2D eigenvalue weighted by molar-refractivity contribution is 6.02. The number of para-hydroxylation sites is 1. The average Bonchev–Trinajstić information content (AvgIpc) is 2.52. The Morgan fingerprint density at radius 3 is 2.52 bits per heavy atom. The largest absolute Gasteiger partial charge is 0.358 e. The summed E-state index contributed by atoms with van der Waals surface area (Å²) in [7, 11) is 0. The number of hydrogen-bond acceptors (Lipinski definition) is 2. The fraction of sp³-hybridized carbons (Fsp3) is 0.167. The Labute approximate surface area is 124 Å². The number of fused-ring (bicyclic) bond motifs is 1. The van der Waals surface area contributed by atoms with E-state index < -0.39 is 5.66 Å². The molecule has 1 N–H and O–H groups in total. The van der Waals surface area contributed by atoms with Gasteiger partial charge in [-0.2, -0.15) is 0 Å². The van der Waals surface area contributed by atoms with Gasteiger partial charge < -0.3 is 10.2 Å². The first-order valence-electron chi connectivity index (χ1n) is 7.02. The topological polar surface area (TPSA) is 32.3 Å². The molecule has 0 saturated carbocycles. The second-order valence-electron chi connectivity index (χ2n) is 5.31. The first kappa shape index (κ1) is 13.4. The van der Waals surface area contributed by atoms with Gasteiger partial charge in [0, 0.05) is 12.2 Å². The van der Waals surface area contributed by atoms with E-state index in [9.17, 15) is 4.79 Å². The lowest BCUT2D eigenvalue weighted by atomic mass is 9.93. The van der Waals surface area contributed by atoms with Crippen LogP contribution >= 0.6 is 0 Å². The van der Waals surface area contributed by atoms with Crippen molar-refractivity contribution < 1.29 is 4.79 Å². The van der Waals surface area contributed by atoms with Crippen LogP contribution in [-0.2, 0) is 5.66 Å². The second-order valence-corrected chi connectivity index (χ2v) is 5.31. The molecule has 3 rings (SSSR count). The molecular formula is C18H18N2O. The highest BCUT2D eigenvalue weighted by Gasteiger charge is 2.41. The van der Waals surface area contributed by atoms with Crippen LogP contribution in [-0.4, -0.2) is 17.4 Å². The molecule has 1 heterocycles. The summed E-state index contributed by atoms with van der Waals surface area (Å²) in [5, 5.41) is 3.51. The number of carbonyl (C=O) groups excluding carboxylic acids is 1. The number of hydrogen-bond donors (Lipinski definition) is 1. The summed E-state index contributed by atoms with van der Waals surface area (Å²) in [5.74, 6) is 0.0237. The molecular weight excluding hydrogens is 260 g/mol. The van der Waals surface area contributed by atoms with Crippen molar-refractivity contribution in [1.82, 2.24) is 4.90 Å². The van der Waals surface area contributed by atoms with Crippen LogP contribution in [0.3, 0.4) is 0 Å². The van der Waals surface area contributed by atoms with Gasteiger partial charge in [0.2, 0.25) is 0 Å². The lowest BCUT2D eigenvalue weighted by Gasteiger charge is -2.46. The van der Waals surface area contributed by atoms with Crippen LogP contribution in [0.1, 0.15) is 22.8 Å². The van der Waals surface area contributed by atoms with Crippen molar-refractivity contribution in [3.05, 3.63) is 78.4 Å². The van der Waals surface area contributed by atoms with E-state index in [2.05, 4.69) is 11.9 Å². The Hall–Kier alpha value is -2.55. The Bertz CT molecular complexity index is 681. The number of amides is 1. The average molecular weight is 278 g/mol. The van der Waals surface area contributed by atoms with Gasteiger partial charge in [0.15, 0.2) is 0 Å². The van der Waals surface area contributed by atoms with E-state index in [0.717, 1.165) is 11.3 Å². The minimum absolute atomic E-state index is 0.0237. The number of rotatable bonds is 3. The molecule has 0 saturated heterocycles. The number of carbonyl (C=O) groups is 1. The quantitative estimate of drug-likeness (QED) is 0.870. The van der Waals surface area contributed by atoms with Gasteiger partial charge in [0.1, 0.15) is 5.66 Å². The molecule has 0 aromatic heterocycles. The Balaban J connectivity index is 2.15. The predicted molar refractivity (Wildman–Crippen MR) is 85.1 cm³/mol. The van der Waals surface area contributed by atoms with Crippen molar-refractivity contribution in [2.75, 3.05) is 11.9 Å². The Morgan fingerprint density at radius 2 is 1.81 bits per heavy atom. The molecule has 3 nitrogen and oxygen atoms in total. The van der Waals surface area contributed by atoms with Crippen LogP contribution in [0.5, 0.6) is 0 Å². The number of benzene rings is 2. The zero-order valence-corrected chi connectivity index (χ0v) is 12.0. The maximum Gasteiger partial charge on any atom is 0.258 e. The van der Waals surface area contributed by atoms with Crippen molar-refractivity contribution in [1.29, 1.82) is 0 Å². The van der Waals surface area contributed by atoms with E-state index in [4.69, 9.17) is 0 Å². The molecule has 0 radical (unpaired) electrons. The standard InChI is InChI=1S/C18H18N2O/c1-3-13-20-17(21)15-11-7-8-12-16(15)19-18(20,2)14-9-5-4-6-10-14/h3-12,19H,1,13H2,2H3. The van der Waals surface area contributed by atoms with Crippen molar-refractivity contribution in [3.63, 3.8) is 0 Å². The summed E-state index contributed by atoms with van der Waals surface area (Å²) in [4.78, 5) is 14.7. The minimum atomic E-state index is -0.582. The van der Waals surface area contributed by atoms with Crippen molar-refractivity contribution >= 4 is 11.6 Å².